The summed E-state index contributed by atoms with van der Waals surface area (Å²) in [6.07, 6.45) is 3.12. The number of nitrogens with zero attached hydrogens (tertiary/aromatic N) is 2. The quantitative estimate of drug-likeness (QED) is 0.443. The Morgan fingerprint density at radius 3 is 3.00 bits per heavy atom. The summed E-state index contributed by atoms with van der Waals surface area (Å²) in [5.74, 6) is 0.0258. The van der Waals surface area contributed by atoms with Gasteiger partial charge in [-0.25, -0.2) is 4.98 Å². The number of unbranched alkanes of at least 4 members (excludes halogenated alkanes) is 1. The molecule has 0 fully saturated rings. The van der Waals surface area contributed by atoms with Gasteiger partial charge in [-0.2, -0.15) is 0 Å². The minimum atomic E-state index is -0.555. The number of hydrogen-bond acceptors (Lipinski definition) is 4. The zero-order valence-electron chi connectivity index (χ0n) is 8.27. The third-order valence-corrected chi connectivity index (χ3v) is 1.94. The van der Waals surface area contributed by atoms with Gasteiger partial charge in [0.15, 0.2) is 0 Å². The van der Waals surface area contributed by atoms with Crippen LogP contribution in [0, 0.1) is 10.1 Å². The average molecular weight is 231 g/mol. The van der Waals surface area contributed by atoms with Crippen LogP contribution in [0.25, 0.3) is 0 Å². The van der Waals surface area contributed by atoms with Gasteiger partial charge in [-0.05, 0) is 6.42 Å². The first-order chi connectivity index (χ1) is 7.15. The molecule has 0 bridgehead atoms. The molecular weight excluding hydrogens is 220 g/mol. The number of pyridine rings is 1. The van der Waals surface area contributed by atoms with E-state index in [-0.39, 0.29) is 16.6 Å². The summed E-state index contributed by atoms with van der Waals surface area (Å²) in [7, 11) is 0. The molecule has 0 radical (unpaired) electrons. The highest BCUT2D eigenvalue weighted by Gasteiger charge is 2.17. The Bertz CT molecular complexity index is 357. The van der Waals surface area contributed by atoms with Crippen molar-refractivity contribution in [3.8, 4) is 5.88 Å². The Balaban J connectivity index is 2.81. The molecular formula is C9H11ClN2O3. The summed E-state index contributed by atoms with van der Waals surface area (Å²) in [5.41, 5.74) is -0.196. The number of ether oxygens (including phenoxy) is 1. The van der Waals surface area contributed by atoms with E-state index in [1.165, 1.54) is 12.3 Å². The SMILES string of the molecule is CCCCOc1ncc(Cl)cc1[N+](=O)[O-]. The molecule has 0 spiro atoms. The molecule has 0 saturated carbocycles. The maximum atomic E-state index is 10.6. The van der Waals surface area contributed by atoms with Gasteiger partial charge in [-0.3, -0.25) is 10.1 Å². The van der Waals surface area contributed by atoms with E-state index in [4.69, 9.17) is 16.3 Å². The average Bonchev–Trinajstić information content (AvgIpc) is 2.20. The molecule has 15 heavy (non-hydrogen) atoms. The third-order valence-electron chi connectivity index (χ3n) is 1.73. The van der Waals surface area contributed by atoms with E-state index < -0.39 is 4.92 Å². The van der Waals surface area contributed by atoms with E-state index in [0.29, 0.717) is 6.61 Å². The molecule has 0 aliphatic heterocycles. The molecule has 0 amide bonds. The maximum Gasteiger partial charge on any atom is 0.332 e. The van der Waals surface area contributed by atoms with Crippen LogP contribution >= 0.6 is 11.6 Å². The molecule has 5 nitrogen and oxygen atoms in total. The summed E-state index contributed by atoms with van der Waals surface area (Å²) in [5, 5.41) is 10.9. The topological polar surface area (TPSA) is 65.3 Å². The molecule has 0 unspecified atom stereocenters. The lowest BCUT2D eigenvalue weighted by Gasteiger charge is -2.04. The van der Waals surface area contributed by atoms with Crippen LogP contribution in [-0.4, -0.2) is 16.5 Å². The van der Waals surface area contributed by atoms with Crippen molar-refractivity contribution < 1.29 is 9.66 Å². The fourth-order valence-corrected chi connectivity index (χ4v) is 1.12. The highest BCUT2D eigenvalue weighted by Crippen LogP contribution is 2.26. The van der Waals surface area contributed by atoms with Crippen LogP contribution in [0.15, 0.2) is 12.3 Å². The Labute approximate surface area is 92.2 Å². The van der Waals surface area contributed by atoms with Gasteiger partial charge >= 0.3 is 5.69 Å². The minimum absolute atomic E-state index is 0.0258. The van der Waals surface area contributed by atoms with Crippen molar-refractivity contribution in [2.45, 2.75) is 19.8 Å². The van der Waals surface area contributed by atoms with Crippen molar-refractivity contribution in [2.24, 2.45) is 0 Å². The number of aromatic nitrogens is 1. The fraction of sp³-hybridized carbons (Fsp3) is 0.444. The zero-order chi connectivity index (χ0) is 11.3. The molecule has 0 saturated heterocycles. The Hall–Kier alpha value is -1.36. The highest BCUT2D eigenvalue weighted by molar-refractivity contribution is 6.30. The number of nitro groups is 1. The third kappa shape index (κ3) is 3.36. The van der Waals surface area contributed by atoms with Gasteiger partial charge in [0.25, 0.3) is 5.88 Å². The second kappa shape index (κ2) is 5.50. The first kappa shape index (κ1) is 11.7. The normalized spacial score (nSPS) is 10.0. The first-order valence-electron chi connectivity index (χ1n) is 4.58. The summed E-state index contributed by atoms with van der Waals surface area (Å²) in [4.78, 5) is 13.9. The Kier molecular flexibility index (Phi) is 4.30. The number of hydrogen-bond donors (Lipinski definition) is 0. The maximum absolute atomic E-state index is 10.6. The van der Waals surface area contributed by atoms with Crippen LogP contribution in [0.5, 0.6) is 5.88 Å². The van der Waals surface area contributed by atoms with E-state index in [1.807, 2.05) is 6.92 Å². The lowest BCUT2D eigenvalue weighted by molar-refractivity contribution is -0.386. The van der Waals surface area contributed by atoms with Gasteiger partial charge in [-0.1, -0.05) is 24.9 Å². The molecule has 82 valence electrons. The van der Waals surface area contributed by atoms with Crippen LogP contribution in [0.1, 0.15) is 19.8 Å². The van der Waals surface area contributed by atoms with Gasteiger partial charge < -0.3 is 4.74 Å². The lowest BCUT2D eigenvalue weighted by Crippen LogP contribution is -2.02. The van der Waals surface area contributed by atoms with Crippen LogP contribution in [0.4, 0.5) is 5.69 Å². The second-order valence-corrected chi connectivity index (χ2v) is 3.37. The number of rotatable bonds is 5. The van der Waals surface area contributed by atoms with E-state index in [0.717, 1.165) is 12.8 Å². The summed E-state index contributed by atoms with van der Waals surface area (Å²) >= 11 is 5.60. The molecule has 1 aromatic rings. The standard InChI is InChI=1S/C9H11ClN2O3/c1-2-3-4-15-9-8(12(13)14)5-7(10)6-11-9/h5-6H,2-4H2,1H3. The summed E-state index contributed by atoms with van der Waals surface area (Å²) in [6.45, 7) is 2.43. The molecule has 0 aromatic carbocycles. The lowest BCUT2D eigenvalue weighted by atomic mass is 10.3. The summed E-state index contributed by atoms with van der Waals surface area (Å²) in [6, 6.07) is 1.23. The molecule has 0 aliphatic rings. The molecule has 0 aliphatic carbocycles. The van der Waals surface area contributed by atoms with Crippen molar-refractivity contribution in [3.05, 3.63) is 27.4 Å². The van der Waals surface area contributed by atoms with Gasteiger partial charge in [0, 0.05) is 6.07 Å². The molecule has 6 heteroatoms. The largest absolute Gasteiger partial charge is 0.473 e. The Morgan fingerprint density at radius 1 is 1.67 bits per heavy atom. The van der Waals surface area contributed by atoms with Gasteiger partial charge in [0.1, 0.15) is 0 Å². The predicted molar refractivity (Wildman–Crippen MR) is 56.3 cm³/mol. The van der Waals surface area contributed by atoms with Crippen molar-refractivity contribution in [2.75, 3.05) is 6.61 Å². The molecule has 1 aromatic heterocycles. The van der Waals surface area contributed by atoms with Crippen molar-refractivity contribution >= 4 is 17.3 Å². The second-order valence-electron chi connectivity index (χ2n) is 2.94. The van der Waals surface area contributed by atoms with E-state index >= 15 is 0 Å². The van der Waals surface area contributed by atoms with Crippen molar-refractivity contribution in [1.29, 1.82) is 0 Å². The van der Waals surface area contributed by atoms with E-state index in [2.05, 4.69) is 4.98 Å². The summed E-state index contributed by atoms with van der Waals surface area (Å²) < 4.78 is 5.18. The predicted octanol–water partition coefficient (Wildman–Crippen LogP) is 2.82. The number of halogens is 1. The fourth-order valence-electron chi connectivity index (χ4n) is 0.971. The van der Waals surface area contributed by atoms with Gasteiger partial charge in [0.05, 0.1) is 22.7 Å². The van der Waals surface area contributed by atoms with Crippen LogP contribution in [-0.2, 0) is 0 Å². The van der Waals surface area contributed by atoms with Crippen LogP contribution < -0.4 is 4.74 Å². The monoisotopic (exact) mass is 230 g/mol. The van der Waals surface area contributed by atoms with Crippen molar-refractivity contribution in [3.63, 3.8) is 0 Å². The van der Waals surface area contributed by atoms with Gasteiger partial charge in [0.2, 0.25) is 0 Å². The van der Waals surface area contributed by atoms with E-state index in [9.17, 15) is 10.1 Å². The zero-order valence-corrected chi connectivity index (χ0v) is 9.03. The van der Waals surface area contributed by atoms with Crippen molar-refractivity contribution in [1.82, 2.24) is 4.98 Å². The minimum Gasteiger partial charge on any atom is -0.473 e. The smallest absolute Gasteiger partial charge is 0.332 e. The van der Waals surface area contributed by atoms with Crippen LogP contribution in [0.2, 0.25) is 5.02 Å². The molecule has 1 rings (SSSR count). The first-order valence-corrected chi connectivity index (χ1v) is 4.95. The van der Waals surface area contributed by atoms with Gasteiger partial charge in [-0.15, -0.1) is 0 Å². The Morgan fingerprint density at radius 2 is 2.40 bits per heavy atom. The van der Waals surface area contributed by atoms with Crippen LogP contribution in [0.3, 0.4) is 0 Å². The highest BCUT2D eigenvalue weighted by atomic mass is 35.5. The van der Waals surface area contributed by atoms with E-state index in [1.54, 1.807) is 0 Å². The molecule has 1 heterocycles. The molecule has 0 N–H and O–H groups in total. The molecule has 0 atom stereocenters.